The molecular weight excluding hydrogens is 408 g/mol. The molecule has 0 aromatic carbocycles. The van der Waals surface area contributed by atoms with Crippen LogP contribution in [0.3, 0.4) is 0 Å². The fourth-order valence-electron chi connectivity index (χ4n) is 4.04. The number of thiazole rings is 1. The highest BCUT2D eigenvalue weighted by molar-refractivity contribution is 7.89. The van der Waals surface area contributed by atoms with Gasteiger partial charge in [-0.05, 0) is 32.6 Å². The van der Waals surface area contributed by atoms with Crippen molar-refractivity contribution in [2.24, 2.45) is 0 Å². The number of sulfonamides is 1. The van der Waals surface area contributed by atoms with E-state index in [4.69, 9.17) is 11.6 Å². The van der Waals surface area contributed by atoms with E-state index in [1.807, 2.05) is 4.90 Å². The first-order valence-corrected chi connectivity index (χ1v) is 12.4. The molecule has 7 nitrogen and oxygen atoms in total. The zero-order valence-corrected chi connectivity index (χ0v) is 18.0. The molecule has 3 rings (SSSR count). The molecule has 2 heterocycles. The van der Waals surface area contributed by atoms with E-state index >= 15 is 0 Å². The second-order valence-electron chi connectivity index (χ2n) is 7.13. The van der Waals surface area contributed by atoms with Gasteiger partial charge in [0.15, 0.2) is 5.13 Å². The van der Waals surface area contributed by atoms with Gasteiger partial charge in [-0.15, -0.1) is 0 Å². The van der Waals surface area contributed by atoms with Crippen molar-refractivity contribution in [1.29, 1.82) is 0 Å². The molecule has 2 aliphatic rings. The number of hydrogen-bond acceptors (Lipinski definition) is 5. The third-order valence-electron chi connectivity index (χ3n) is 5.47. The van der Waals surface area contributed by atoms with E-state index in [1.54, 1.807) is 11.2 Å². The van der Waals surface area contributed by atoms with Crippen molar-refractivity contribution in [2.75, 3.05) is 24.2 Å². The van der Waals surface area contributed by atoms with E-state index in [-0.39, 0.29) is 23.9 Å². The summed E-state index contributed by atoms with van der Waals surface area (Å²) < 4.78 is 26.3. The highest BCUT2D eigenvalue weighted by Gasteiger charge is 2.36. The van der Waals surface area contributed by atoms with Crippen molar-refractivity contribution in [3.05, 3.63) is 10.5 Å². The molecule has 27 heavy (non-hydrogen) atoms. The average molecular weight is 435 g/mol. The van der Waals surface area contributed by atoms with Crippen LogP contribution >= 0.6 is 22.9 Å². The molecule has 10 heteroatoms. The Morgan fingerprint density at radius 3 is 2.44 bits per heavy atom. The van der Waals surface area contributed by atoms with Crippen LogP contribution in [0, 0.1) is 0 Å². The number of halogens is 1. The summed E-state index contributed by atoms with van der Waals surface area (Å²) in [4.78, 5) is 19.1. The molecule has 0 spiro atoms. The SMILES string of the molecule is CCS(=O)(=O)N1CCC(N(C(=O)Nc2ncc(Cl)s2)C2CCCCC2)CC1. The zero-order chi connectivity index (χ0) is 19.4. The highest BCUT2D eigenvalue weighted by Crippen LogP contribution is 2.30. The Kier molecular flexibility index (Phi) is 6.99. The molecule has 0 unspecified atom stereocenters. The van der Waals surface area contributed by atoms with Crippen LogP contribution in [0.4, 0.5) is 9.93 Å². The Morgan fingerprint density at radius 1 is 1.26 bits per heavy atom. The number of nitrogens with zero attached hydrogens (tertiary/aromatic N) is 3. The molecule has 0 radical (unpaired) electrons. The van der Waals surface area contributed by atoms with Crippen LogP contribution in [-0.4, -0.2) is 59.6 Å². The Bertz CT molecular complexity index is 741. The predicted octanol–water partition coefficient (Wildman–Crippen LogP) is 3.78. The first kappa shape index (κ1) is 20.8. The Labute approximate surface area is 170 Å². The van der Waals surface area contributed by atoms with E-state index in [0.717, 1.165) is 25.7 Å². The minimum Gasteiger partial charge on any atom is -0.318 e. The number of nitrogens with one attached hydrogen (secondary N) is 1. The van der Waals surface area contributed by atoms with Crippen LogP contribution in [0.5, 0.6) is 0 Å². The Morgan fingerprint density at radius 2 is 1.89 bits per heavy atom. The van der Waals surface area contributed by atoms with Gasteiger partial charge in [-0.3, -0.25) is 5.32 Å². The number of piperidine rings is 1. The van der Waals surface area contributed by atoms with E-state index in [0.29, 0.717) is 35.4 Å². The predicted molar refractivity (Wildman–Crippen MR) is 109 cm³/mol. The third-order valence-corrected chi connectivity index (χ3v) is 8.38. The summed E-state index contributed by atoms with van der Waals surface area (Å²) >= 11 is 7.16. The van der Waals surface area contributed by atoms with Crippen molar-refractivity contribution in [3.8, 4) is 0 Å². The van der Waals surface area contributed by atoms with Crippen LogP contribution < -0.4 is 5.32 Å². The molecule has 1 N–H and O–H groups in total. The number of urea groups is 1. The Hall–Kier alpha value is -0.900. The van der Waals surface area contributed by atoms with Crippen LogP contribution in [0.2, 0.25) is 4.34 Å². The normalized spacial score (nSPS) is 20.5. The summed E-state index contributed by atoms with van der Waals surface area (Å²) in [7, 11) is -3.17. The molecule has 2 amide bonds. The second kappa shape index (κ2) is 9.07. The van der Waals surface area contributed by atoms with Gasteiger partial charge in [0.2, 0.25) is 10.0 Å². The van der Waals surface area contributed by atoms with Crippen molar-refractivity contribution >= 4 is 44.1 Å². The van der Waals surface area contributed by atoms with Crippen LogP contribution in [0.15, 0.2) is 6.20 Å². The van der Waals surface area contributed by atoms with E-state index < -0.39 is 10.0 Å². The fourth-order valence-corrected chi connectivity index (χ4v) is 5.97. The molecule has 1 aliphatic carbocycles. The van der Waals surface area contributed by atoms with Crippen LogP contribution in [0.1, 0.15) is 51.9 Å². The maximum atomic E-state index is 13.1. The molecular formula is C17H27ClN4O3S2. The molecule has 1 aliphatic heterocycles. The van der Waals surface area contributed by atoms with Gasteiger partial charge in [0, 0.05) is 25.2 Å². The van der Waals surface area contributed by atoms with Crippen LogP contribution in [0.25, 0.3) is 0 Å². The van der Waals surface area contributed by atoms with E-state index in [9.17, 15) is 13.2 Å². The lowest BCUT2D eigenvalue weighted by Gasteiger charge is -2.43. The van der Waals surface area contributed by atoms with Crippen LogP contribution in [-0.2, 0) is 10.0 Å². The maximum Gasteiger partial charge on any atom is 0.324 e. The second-order valence-corrected chi connectivity index (χ2v) is 11.0. The molecule has 1 aromatic rings. The van der Waals surface area contributed by atoms with Gasteiger partial charge in [0.05, 0.1) is 11.9 Å². The topological polar surface area (TPSA) is 82.6 Å². The summed E-state index contributed by atoms with van der Waals surface area (Å²) in [5, 5.41) is 3.39. The smallest absolute Gasteiger partial charge is 0.318 e. The van der Waals surface area contributed by atoms with Gasteiger partial charge in [0.25, 0.3) is 0 Å². The minimum absolute atomic E-state index is 0.0480. The molecule has 2 fully saturated rings. The number of aromatic nitrogens is 1. The van der Waals surface area contributed by atoms with Crippen molar-refractivity contribution < 1.29 is 13.2 Å². The third kappa shape index (κ3) is 5.13. The highest BCUT2D eigenvalue weighted by atomic mass is 35.5. The number of carbonyl (C=O) groups excluding carboxylic acids is 1. The van der Waals surface area contributed by atoms with Gasteiger partial charge < -0.3 is 4.90 Å². The largest absolute Gasteiger partial charge is 0.324 e. The summed E-state index contributed by atoms with van der Waals surface area (Å²) in [5.41, 5.74) is 0. The molecule has 0 atom stereocenters. The first-order valence-electron chi connectivity index (χ1n) is 9.59. The monoisotopic (exact) mass is 434 g/mol. The summed E-state index contributed by atoms with van der Waals surface area (Å²) in [6, 6.07) is 0.102. The lowest BCUT2D eigenvalue weighted by Crippen LogP contribution is -2.54. The van der Waals surface area contributed by atoms with Crippen molar-refractivity contribution in [1.82, 2.24) is 14.2 Å². The quantitative estimate of drug-likeness (QED) is 0.764. The summed E-state index contributed by atoms with van der Waals surface area (Å²) in [5.74, 6) is 0.120. The van der Waals surface area contributed by atoms with Gasteiger partial charge in [-0.1, -0.05) is 42.2 Å². The van der Waals surface area contributed by atoms with Gasteiger partial charge >= 0.3 is 6.03 Å². The van der Waals surface area contributed by atoms with E-state index in [2.05, 4.69) is 10.3 Å². The van der Waals surface area contributed by atoms with Crippen molar-refractivity contribution in [2.45, 2.75) is 64.0 Å². The molecule has 1 saturated heterocycles. The van der Waals surface area contributed by atoms with Crippen molar-refractivity contribution in [3.63, 3.8) is 0 Å². The molecule has 152 valence electrons. The molecule has 0 bridgehead atoms. The van der Waals surface area contributed by atoms with E-state index in [1.165, 1.54) is 24.0 Å². The first-order chi connectivity index (χ1) is 12.9. The number of amides is 2. The summed E-state index contributed by atoms with van der Waals surface area (Å²) in [6.07, 6.45) is 8.33. The summed E-state index contributed by atoms with van der Waals surface area (Å²) in [6.45, 7) is 2.61. The zero-order valence-electron chi connectivity index (χ0n) is 15.6. The number of rotatable bonds is 5. The molecule has 1 aromatic heterocycles. The lowest BCUT2D eigenvalue weighted by molar-refractivity contribution is 0.106. The van der Waals surface area contributed by atoms with Gasteiger partial charge in [-0.2, -0.15) is 0 Å². The maximum absolute atomic E-state index is 13.1. The number of anilines is 1. The molecule has 1 saturated carbocycles. The number of carbonyl (C=O) groups is 1. The minimum atomic E-state index is -3.17. The average Bonchev–Trinajstić information content (AvgIpc) is 3.08. The lowest BCUT2D eigenvalue weighted by atomic mass is 9.91. The fraction of sp³-hybridized carbons (Fsp3) is 0.765. The Balaban J connectivity index is 1.71. The number of hydrogen-bond donors (Lipinski definition) is 1. The van der Waals surface area contributed by atoms with Gasteiger partial charge in [0.1, 0.15) is 4.34 Å². The standard InChI is InChI=1S/C17H27ClN4O3S2/c1-2-27(24,25)21-10-8-14(9-11-21)22(13-6-4-3-5-7-13)17(23)20-16-19-12-15(18)26-16/h12-14H,2-11H2,1H3,(H,19,20,23). The van der Waals surface area contributed by atoms with Gasteiger partial charge in [-0.25, -0.2) is 22.5 Å².